The van der Waals surface area contributed by atoms with E-state index in [4.69, 9.17) is 16.3 Å². The van der Waals surface area contributed by atoms with Crippen LogP contribution in [0.3, 0.4) is 0 Å². The van der Waals surface area contributed by atoms with Crippen LogP contribution >= 0.6 is 11.6 Å². The molecule has 0 spiro atoms. The fourth-order valence-corrected chi connectivity index (χ4v) is 2.14. The summed E-state index contributed by atoms with van der Waals surface area (Å²) >= 11 is 5.95. The summed E-state index contributed by atoms with van der Waals surface area (Å²) in [6.07, 6.45) is -0.617. The van der Waals surface area contributed by atoms with E-state index in [1.54, 1.807) is 13.0 Å². The Morgan fingerprint density at radius 1 is 1.25 bits per heavy atom. The Labute approximate surface area is 122 Å². The average Bonchev–Trinajstić information content (AvgIpc) is 2.38. The van der Waals surface area contributed by atoms with E-state index < -0.39 is 6.10 Å². The molecule has 0 aliphatic rings. The predicted molar refractivity (Wildman–Crippen MR) is 77.6 cm³/mol. The Bertz CT molecular complexity index is 611. The van der Waals surface area contributed by atoms with Gasteiger partial charge >= 0.3 is 0 Å². The molecule has 1 atom stereocenters. The van der Waals surface area contributed by atoms with Gasteiger partial charge in [0.25, 0.3) is 0 Å². The van der Waals surface area contributed by atoms with Crippen molar-refractivity contribution in [1.29, 1.82) is 0 Å². The SMILES string of the molecule is Cc1ccc(OCc2ccc(F)cc2Cl)c([C@@H](C)O)c1. The van der Waals surface area contributed by atoms with Crippen LogP contribution in [0.1, 0.15) is 29.7 Å². The number of aliphatic hydroxyl groups excluding tert-OH is 1. The summed E-state index contributed by atoms with van der Waals surface area (Å²) in [5.74, 6) is 0.227. The van der Waals surface area contributed by atoms with Crippen molar-refractivity contribution >= 4 is 11.6 Å². The Morgan fingerprint density at radius 2 is 2.00 bits per heavy atom. The highest BCUT2D eigenvalue weighted by molar-refractivity contribution is 6.31. The van der Waals surface area contributed by atoms with E-state index in [9.17, 15) is 9.50 Å². The number of aryl methyl sites for hydroxylation is 1. The zero-order valence-electron chi connectivity index (χ0n) is 11.4. The van der Waals surface area contributed by atoms with Gasteiger partial charge in [-0.1, -0.05) is 29.3 Å². The summed E-state index contributed by atoms with van der Waals surface area (Å²) in [4.78, 5) is 0. The lowest BCUT2D eigenvalue weighted by atomic mass is 10.1. The van der Waals surface area contributed by atoms with E-state index in [1.807, 2.05) is 25.1 Å². The molecule has 4 heteroatoms. The van der Waals surface area contributed by atoms with Crippen LogP contribution in [-0.2, 0) is 6.61 Å². The van der Waals surface area contributed by atoms with Gasteiger partial charge in [-0.05, 0) is 38.1 Å². The Balaban J connectivity index is 2.18. The van der Waals surface area contributed by atoms with E-state index in [2.05, 4.69) is 0 Å². The number of aliphatic hydroxyl groups is 1. The highest BCUT2D eigenvalue weighted by atomic mass is 35.5. The molecule has 0 saturated heterocycles. The van der Waals surface area contributed by atoms with Crippen molar-refractivity contribution in [2.75, 3.05) is 0 Å². The fourth-order valence-electron chi connectivity index (χ4n) is 1.92. The van der Waals surface area contributed by atoms with E-state index in [0.717, 1.165) is 11.1 Å². The van der Waals surface area contributed by atoms with Gasteiger partial charge in [-0.3, -0.25) is 0 Å². The van der Waals surface area contributed by atoms with Crippen LogP contribution in [0.25, 0.3) is 0 Å². The Kier molecular flexibility index (Phi) is 4.63. The molecule has 0 bridgehead atoms. The van der Waals surface area contributed by atoms with Crippen molar-refractivity contribution in [2.24, 2.45) is 0 Å². The van der Waals surface area contributed by atoms with E-state index >= 15 is 0 Å². The second kappa shape index (κ2) is 6.25. The summed E-state index contributed by atoms with van der Waals surface area (Å²) in [5.41, 5.74) is 2.47. The number of hydrogen-bond acceptors (Lipinski definition) is 2. The number of hydrogen-bond donors (Lipinski definition) is 1. The van der Waals surface area contributed by atoms with Crippen molar-refractivity contribution in [3.05, 3.63) is 63.9 Å². The number of halogens is 2. The molecule has 2 aromatic carbocycles. The molecule has 0 heterocycles. The summed E-state index contributed by atoms with van der Waals surface area (Å²) in [6.45, 7) is 3.86. The minimum atomic E-state index is -0.617. The molecule has 0 unspecified atom stereocenters. The van der Waals surface area contributed by atoms with E-state index in [1.165, 1.54) is 12.1 Å². The van der Waals surface area contributed by atoms with Crippen LogP contribution in [0.2, 0.25) is 5.02 Å². The zero-order valence-corrected chi connectivity index (χ0v) is 12.1. The molecular formula is C16H16ClFO2. The third-order valence-corrected chi connectivity index (χ3v) is 3.37. The third kappa shape index (κ3) is 3.50. The first-order valence-corrected chi connectivity index (χ1v) is 6.70. The molecule has 0 aliphatic carbocycles. The van der Waals surface area contributed by atoms with Gasteiger partial charge in [0, 0.05) is 11.1 Å². The quantitative estimate of drug-likeness (QED) is 0.904. The largest absolute Gasteiger partial charge is 0.488 e. The molecule has 0 amide bonds. The molecule has 2 rings (SSSR count). The van der Waals surface area contributed by atoms with E-state index in [0.29, 0.717) is 16.3 Å². The molecule has 1 N–H and O–H groups in total. The maximum Gasteiger partial charge on any atom is 0.125 e. The lowest BCUT2D eigenvalue weighted by molar-refractivity contribution is 0.190. The minimum Gasteiger partial charge on any atom is -0.488 e. The first kappa shape index (κ1) is 14.8. The van der Waals surface area contributed by atoms with Crippen molar-refractivity contribution in [3.63, 3.8) is 0 Å². The average molecular weight is 295 g/mol. The highest BCUT2D eigenvalue weighted by Crippen LogP contribution is 2.28. The standard InChI is InChI=1S/C16H16ClFO2/c1-10-3-6-16(14(7-10)11(2)19)20-9-12-4-5-13(18)8-15(12)17/h3-8,11,19H,9H2,1-2H3/t11-/m1/s1. The normalized spacial score (nSPS) is 12.2. The molecule has 2 aromatic rings. The van der Waals surface area contributed by atoms with Gasteiger partial charge in [-0.15, -0.1) is 0 Å². The lowest BCUT2D eigenvalue weighted by Crippen LogP contribution is -2.02. The molecular weight excluding hydrogens is 279 g/mol. The number of benzene rings is 2. The summed E-state index contributed by atoms with van der Waals surface area (Å²) < 4.78 is 18.7. The van der Waals surface area contributed by atoms with Gasteiger partial charge in [0.15, 0.2) is 0 Å². The first-order chi connectivity index (χ1) is 9.47. The van der Waals surface area contributed by atoms with Crippen LogP contribution in [-0.4, -0.2) is 5.11 Å². The fraction of sp³-hybridized carbons (Fsp3) is 0.250. The van der Waals surface area contributed by atoms with Crippen LogP contribution in [0.5, 0.6) is 5.75 Å². The molecule has 2 nitrogen and oxygen atoms in total. The molecule has 0 saturated carbocycles. The maximum atomic E-state index is 13.0. The predicted octanol–water partition coefficient (Wildman–Crippen LogP) is 4.42. The van der Waals surface area contributed by atoms with Crippen LogP contribution < -0.4 is 4.74 Å². The topological polar surface area (TPSA) is 29.5 Å². The van der Waals surface area contributed by atoms with Gasteiger partial charge in [-0.2, -0.15) is 0 Å². The first-order valence-electron chi connectivity index (χ1n) is 6.32. The third-order valence-electron chi connectivity index (χ3n) is 3.01. The van der Waals surface area contributed by atoms with Gasteiger partial charge in [-0.25, -0.2) is 4.39 Å². The number of ether oxygens (including phenoxy) is 1. The van der Waals surface area contributed by atoms with Gasteiger partial charge in [0.2, 0.25) is 0 Å². The lowest BCUT2D eigenvalue weighted by Gasteiger charge is -2.15. The maximum absolute atomic E-state index is 13.0. The molecule has 0 fully saturated rings. The van der Waals surface area contributed by atoms with Gasteiger partial charge in [0.05, 0.1) is 11.1 Å². The van der Waals surface area contributed by atoms with Crippen LogP contribution in [0.15, 0.2) is 36.4 Å². The van der Waals surface area contributed by atoms with Crippen LogP contribution in [0.4, 0.5) is 4.39 Å². The van der Waals surface area contributed by atoms with Crippen molar-refractivity contribution in [3.8, 4) is 5.75 Å². The molecule has 0 radical (unpaired) electrons. The Hall–Kier alpha value is -1.58. The van der Waals surface area contributed by atoms with Crippen molar-refractivity contribution in [2.45, 2.75) is 26.6 Å². The molecule has 20 heavy (non-hydrogen) atoms. The minimum absolute atomic E-state index is 0.224. The van der Waals surface area contributed by atoms with E-state index in [-0.39, 0.29) is 12.4 Å². The summed E-state index contributed by atoms with van der Waals surface area (Å²) in [6, 6.07) is 9.79. The van der Waals surface area contributed by atoms with Gasteiger partial charge in [0.1, 0.15) is 18.2 Å². The van der Waals surface area contributed by atoms with Crippen molar-refractivity contribution in [1.82, 2.24) is 0 Å². The smallest absolute Gasteiger partial charge is 0.125 e. The van der Waals surface area contributed by atoms with Crippen molar-refractivity contribution < 1.29 is 14.2 Å². The van der Waals surface area contributed by atoms with Crippen LogP contribution in [0, 0.1) is 12.7 Å². The summed E-state index contributed by atoms with van der Waals surface area (Å²) in [5, 5.41) is 10.1. The molecule has 0 aromatic heterocycles. The second-order valence-corrected chi connectivity index (χ2v) is 5.15. The van der Waals surface area contributed by atoms with Gasteiger partial charge < -0.3 is 9.84 Å². The molecule has 0 aliphatic heterocycles. The summed E-state index contributed by atoms with van der Waals surface area (Å²) in [7, 11) is 0. The second-order valence-electron chi connectivity index (χ2n) is 4.74. The highest BCUT2D eigenvalue weighted by Gasteiger charge is 2.10. The number of rotatable bonds is 4. The molecule has 106 valence electrons. The zero-order chi connectivity index (χ0) is 14.7. The monoisotopic (exact) mass is 294 g/mol. The Morgan fingerprint density at radius 3 is 2.65 bits per heavy atom.